The number of methoxy groups -OCH3 is 1. The number of hydrogen-bond donors (Lipinski definition) is 2. The Morgan fingerprint density at radius 3 is 2.60 bits per heavy atom. The van der Waals surface area contributed by atoms with Crippen LogP contribution in [0.3, 0.4) is 0 Å². The summed E-state index contributed by atoms with van der Waals surface area (Å²) in [5.74, 6) is 0.106. The number of carbonyl (C=O) groups is 2. The van der Waals surface area contributed by atoms with Crippen molar-refractivity contribution in [1.29, 1.82) is 0 Å². The van der Waals surface area contributed by atoms with Crippen molar-refractivity contribution in [3.05, 3.63) is 59.7 Å². The molecule has 0 radical (unpaired) electrons. The largest absolute Gasteiger partial charge is 0.497 e. The predicted octanol–water partition coefficient (Wildman–Crippen LogP) is 2.27. The van der Waals surface area contributed by atoms with E-state index in [0.717, 1.165) is 0 Å². The number of amides is 2. The summed E-state index contributed by atoms with van der Waals surface area (Å²) in [5.41, 5.74) is 1.08. The van der Waals surface area contributed by atoms with E-state index in [4.69, 9.17) is 4.74 Å². The lowest BCUT2D eigenvalue weighted by molar-refractivity contribution is -0.116. The van der Waals surface area contributed by atoms with Gasteiger partial charge in [0.2, 0.25) is 5.91 Å². The van der Waals surface area contributed by atoms with Gasteiger partial charge < -0.3 is 15.4 Å². The number of carbonyl (C=O) groups excluding carboxylic acids is 2. The van der Waals surface area contributed by atoms with Crippen LogP contribution < -0.4 is 15.4 Å². The third-order valence-electron chi connectivity index (χ3n) is 4.30. The van der Waals surface area contributed by atoms with Gasteiger partial charge in [0.15, 0.2) is 5.82 Å². The van der Waals surface area contributed by atoms with Gasteiger partial charge in [-0.1, -0.05) is 0 Å². The van der Waals surface area contributed by atoms with E-state index in [-0.39, 0.29) is 23.9 Å². The number of halogens is 1. The molecule has 3 rings (SSSR count). The smallest absolute Gasteiger partial charge is 0.251 e. The zero-order valence-corrected chi connectivity index (χ0v) is 16.6. The van der Waals surface area contributed by atoms with Crippen LogP contribution >= 0.6 is 0 Å². The fraction of sp³-hybridized carbons (Fsp3) is 0.250. The van der Waals surface area contributed by atoms with Crippen molar-refractivity contribution >= 4 is 17.5 Å². The first-order chi connectivity index (χ1) is 14.5. The minimum absolute atomic E-state index is 0.141. The lowest BCUT2D eigenvalue weighted by atomic mass is 10.2. The van der Waals surface area contributed by atoms with Gasteiger partial charge in [-0.2, -0.15) is 4.68 Å². The maximum Gasteiger partial charge on any atom is 0.251 e. The summed E-state index contributed by atoms with van der Waals surface area (Å²) in [6.07, 6.45) is 0.646. The maximum atomic E-state index is 14.1. The molecule has 0 saturated carbocycles. The van der Waals surface area contributed by atoms with Crippen molar-refractivity contribution in [2.45, 2.75) is 19.8 Å². The van der Waals surface area contributed by atoms with Crippen LogP contribution in [0.2, 0.25) is 0 Å². The Hall–Kier alpha value is -3.82. The number of rotatable bonds is 8. The van der Waals surface area contributed by atoms with Gasteiger partial charge in [-0.25, -0.2) is 4.39 Å². The highest BCUT2D eigenvalue weighted by atomic mass is 19.1. The second kappa shape index (κ2) is 9.59. The van der Waals surface area contributed by atoms with Crippen LogP contribution in [0.4, 0.5) is 10.1 Å². The number of aryl methyl sites for hydroxylation is 1. The Labute approximate surface area is 172 Å². The Balaban J connectivity index is 1.48. The zero-order chi connectivity index (χ0) is 21.5. The van der Waals surface area contributed by atoms with Crippen LogP contribution in [0.5, 0.6) is 5.75 Å². The molecule has 2 N–H and O–H groups in total. The molecule has 0 unspecified atom stereocenters. The molecular formula is C20H21FN6O3. The number of anilines is 1. The average Bonchev–Trinajstić information content (AvgIpc) is 3.18. The summed E-state index contributed by atoms with van der Waals surface area (Å²) < 4.78 is 20.4. The third kappa shape index (κ3) is 5.16. The van der Waals surface area contributed by atoms with Crippen LogP contribution in [0.15, 0.2) is 42.5 Å². The molecule has 1 heterocycles. The number of tetrazole rings is 1. The summed E-state index contributed by atoms with van der Waals surface area (Å²) in [6.45, 7) is 1.99. The number of nitrogens with zero attached hydrogens (tertiary/aromatic N) is 4. The zero-order valence-electron chi connectivity index (χ0n) is 16.6. The molecule has 0 fully saturated rings. The highest BCUT2D eigenvalue weighted by Crippen LogP contribution is 2.19. The van der Waals surface area contributed by atoms with E-state index in [1.165, 1.54) is 22.9 Å². The molecule has 0 spiro atoms. The molecule has 1 aromatic heterocycles. The number of aromatic nitrogens is 4. The van der Waals surface area contributed by atoms with Gasteiger partial charge in [0.25, 0.3) is 5.91 Å². The second-order valence-electron chi connectivity index (χ2n) is 6.44. The number of hydrogen-bond acceptors (Lipinski definition) is 6. The molecule has 30 heavy (non-hydrogen) atoms. The Morgan fingerprint density at radius 2 is 1.93 bits per heavy atom. The first kappa shape index (κ1) is 20.9. The molecule has 0 aliphatic rings. The predicted molar refractivity (Wildman–Crippen MR) is 107 cm³/mol. The summed E-state index contributed by atoms with van der Waals surface area (Å²) in [6, 6.07) is 10.9. The minimum atomic E-state index is -0.510. The molecule has 156 valence electrons. The molecular weight excluding hydrogens is 391 g/mol. The fourth-order valence-electron chi connectivity index (χ4n) is 2.73. The van der Waals surface area contributed by atoms with Gasteiger partial charge in [-0.15, -0.1) is 5.10 Å². The highest BCUT2D eigenvalue weighted by Gasteiger charge is 2.12. The maximum absolute atomic E-state index is 14.1. The number of ether oxygens (including phenoxy) is 1. The van der Waals surface area contributed by atoms with E-state index in [1.807, 2.05) is 0 Å². The van der Waals surface area contributed by atoms with Crippen LogP contribution in [0.25, 0.3) is 5.69 Å². The molecule has 2 aromatic carbocycles. The minimum Gasteiger partial charge on any atom is -0.497 e. The summed E-state index contributed by atoms with van der Waals surface area (Å²) in [4.78, 5) is 24.3. The monoisotopic (exact) mass is 412 g/mol. The first-order valence-corrected chi connectivity index (χ1v) is 9.25. The van der Waals surface area contributed by atoms with Gasteiger partial charge in [0.1, 0.15) is 17.3 Å². The SMILES string of the molecule is COc1ccc(C(=O)NCCCC(=O)Nc2ccc(F)c(-n3nnnc3C)c2)cc1. The van der Waals surface area contributed by atoms with Gasteiger partial charge in [-0.05, 0) is 66.2 Å². The Bertz CT molecular complexity index is 1040. The van der Waals surface area contributed by atoms with E-state index in [9.17, 15) is 14.0 Å². The number of benzene rings is 2. The Morgan fingerprint density at radius 1 is 1.17 bits per heavy atom. The summed E-state index contributed by atoms with van der Waals surface area (Å²) >= 11 is 0. The van der Waals surface area contributed by atoms with E-state index in [0.29, 0.717) is 35.8 Å². The van der Waals surface area contributed by atoms with Gasteiger partial charge in [-0.3, -0.25) is 9.59 Å². The molecule has 0 aliphatic carbocycles. The summed E-state index contributed by atoms with van der Waals surface area (Å²) in [7, 11) is 1.56. The molecule has 9 nitrogen and oxygen atoms in total. The highest BCUT2D eigenvalue weighted by molar-refractivity contribution is 5.94. The van der Waals surface area contributed by atoms with Crippen LogP contribution in [0, 0.1) is 12.7 Å². The molecule has 0 saturated heterocycles. The average molecular weight is 412 g/mol. The van der Waals surface area contributed by atoms with E-state index in [1.54, 1.807) is 38.3 Å². The fourth-order valence-corrected chi connectivity index (χ4v) is 2.73. The topological polar surface area (TPSA) is 111 Å². The van der Waals surface area contributed by atoms with Crippen molar-refractivity contribution < 1.29 is 18.7 Å². The molecule has 10 heteroatoms. The third-order valence-corrected chi connectivity index (χ3v) is 4.30. The lowest BCUT2D eigenvalue weighted by Gasteiger charge is -2.09. The van der Waals surface area contributed by atoms with Crippen LogP contribution in [0.1, 0.15) is 29.0 Å². The van der Waals surface area contributed by atoms with Crippen molar-refractivity contribution in [2.75, 3.05) is 19.0 Å². The second-order valence-corrected chi connectivity index (χ2v) is 6.44. The Kier molecular flexibility index (Phi) is 6.68. The molecule has 0 atom stereocenters. The number of nitrogens with one attached hydrogen (secondary N) is 2. The standard InChI is InChI=1S/C20H21FN6O3/c1-13-24-25-26-27(13)18-12-15(7-10-17(18)21)23-19(28)4-3-11-22-20(29)14-5-8-16(30-2)9-6-14/h5-10,12H,3-4,11H2,1-2H3,(H,22,29)(H,23,28). The summed E-state index contributed by atoms with van der Waals surface area (Å²) in [5, 5.41) is 16.4. The van der Waals surface area contributed by atoms with Crippen molar-refractivity contribution in [1.82, 2.24) is 25.5 Å². The van der Waals surface area contributed by atoms with Gasteiger partial charge in [0.05, 0.1) is 7.11 Å². The van der Waals surface area contributed by atoms with Gasteiger partial charge in [0, 0.05) is 24.2 Å². The van der Waals surface area contributed by atoms with E-state index in [2.05, 4.69) is 26.2 Å². The van der Waals surface area contributed by atoms with Crippen LogP contribution in [-0.4, -0.2) is 45.7 Å². The van der Waals surface area contributed by atoms with Crippen molar-refractivity contribution in [2.24, 2.45) is 0 Å². The van der Waals surface area contributed by atoms with E-state index >= 15 is 0 Å². The van der Waals surface area contributed by atoms with Crippen LogP contribution in [-0.2, 0) is 4.79 Å². The lowest BCUT2D eigenvalue weighted by Crippen LogP contribution is -2.25. The first-order valence-electron chi connectivity index (χ1n) is 9.25. The molecule has 2 amide bonds. The molecule has 3 aromatic rings. The molecule has 0 bridgehead atoms. The van der Waals surface area contributed by atoms with Crippen molar-refractivity contribution in [3.63, 3.8) is 0 Å². The van der Waals surface area contributed by atoms with Crippen molar-refractivity contribution in [3.8, 4) is 11.4 Å². The van der Waals surface area contributed by atoms with Gasteiger partial charge >= 0.3 is 0 Å². The molecule has 0 aliphatic heterocycles. The quantitative estimate of drug-likeness (QED) is 0.549. The van der Waals surface area contributed by atoms with E-state index < -0.39 is 5.82 Å². The normalized spacial score (nSPS) is 10.5.